The molecule has 0 bridgehead atoms. The van der Waals surface area contributed by atoms with Gasteiger partial charge in [0.1, 0.15) is 5.92 Å². The van der Waals surface area contributed by atoms with Crippen molar-refractivity contribution in [2.45, 2.75) is 25.9 Å². The predicted molar refractivity (Wildman–Crippen MR) is 76.0 cm³/mol. The molecule has 0 fully saturated rings. The Bertz CT molecular complexity index is 583. The molecule has 1 aliphatic rings. The summed E-state index contributed by atoms with van der Waals surface area (Å²) >= 11 is 0. The van der Waals surface area contributed by atoms with Crippen LogP contribution in [0.15, 0.2) is 30.3 Å². The Labute approximate surface area is 127 Å². The van der Waals surface area contributed by atoms with Crippen molar-refractivity contribution in [3.63, 3.8) is 0 Å². The second kappa shape index (κ2) is 6.93. The van der Waals surface area contributed by atoms with Gasteiger partial charge in [-0.2, -0.15) is 0 Å². The highest BCUT2D eigenvalue weighted by Gasteiger charge is 2.50. The Morgan fingerprint density at radius 3 is 2.41 bits per heavy atom. The quantitative estimate of drug-likeness (QED) is 0.599. The minimum Gasteiger partial charge on any atom is -0.465 e. The summed E-state index contributed by atoms with van der Waals surface area (Å²) in [7, 11) is 0. The molecule has 1 aliphatic heterocycles. The summed E-state index contributed by atoms with van der Waals surface area (Å²) < 4.78 is 9.81. The number of benzene rings is 1. The van der Waals surface area contributed by atoms with Crippen LogP contribution in [0.25, 0.3) is 0 Å². The van der Waals surface area contributed by atoms with Crippen molar-refractivity contribution in [2.24, 2.45) is 0 Å². The zero-order chi connectivity index (χ0) is 16.1. The van der Waals surface area contributed by atoms with E-state index < -0.39 is 24.0 Å². The van der Waals surface area contributed by atoms with Gasteiger partial charge in [-0.1, -0.05) is 30.3 Å². The molecule has 0 radical (unpaired) electrons. The largest absolute Gasteiger partial charge is 0.465 e. The van der Waals surface area contributed by atoms with Crippen LogP contribution in [-0.2, 0) is 23.9 Å². The molecule has 22 heavy (non-hydrogen) atoms. The lowest BCUT2D eigenvalue weighted by Gasteiger charge is -2.17. The molecule has 7 heteroatoms. The second-order valence-electron chi connectivity index (χ2n) is 4.53. The van der Waals surface area contributed by atoms with Crippen LogP contribution in [0, 0.1) is 5.21 Å². The van der Waals surface area contributed by atoms with Gasteiger partial charge >= 0.3 is 17.7 Å². The molecule has 2 atom stereocenters. The molecule has 0 amide bonds. The molecule has 1 aromatic rings. The number of rotatable bonds is 5. The zero-order valence-electron chi connectivity index (χ0n) is 12.4. The van der Waals surface area contributed by atoms with Gasteiger partial charge in [0.15, 0.2) is 6.10 Å². The number of ether oxygens (including phenoxy) is 2. The van der Waals surface area contributed by atoms with Crippen molar-refractivity contribution in [3.05, 3.63) is 41.1 Å². The minimum absolute atomic E-state index is 0.0528. The first-order valence-electron chi connectivity index (χ1n) is 6.99. The fraction of sp³-hybridized carbons (Fsp3) is 0.400. The topological polar surface area (TPSA) is 87.9 Å². The molecule has 1 heterocycles. The number of hydrogen-bond acceptors (Lipinski definition) is 6. The van der Waals surface area contributed by atoms with Gasteiger partial charge in [0.05, 0.1) is 18.1 Å². The lowest BCUT2D eigenvalue weighted by Crippen LogP contribution is -2.34. The molecule has 0 N–H and O–H groups in total. The number of carbonyl (C=O) groups excluding carboxylic acids is 2. The van der Waals surface area contributed by atoms with E-state index in [0.717, 1.165) is 0 Å². The van der Waals surface area contributed by atoms with Gasteiger partial charge in [-0.3, -0.25) is 10.0 Å². The van der Waals surface area contributed by atoms with E-state index in [9.17, 15) is 14.8 Å². The van der Waals surface area contributed by atoms with Crippen LogP contribution < -0.4 is 0 Å². The third-order valence-corrected chi connectivity index (χ3v) is 3.17. The summed E-state index contributed by atoms with van der Waals surface area (Å²) in [4.78, 5) is 29.1. The molecule has 0 saturated carbocycles. The van der Waals surface area contributed by atoms with Gasteiger partial charge in [-0.05, 0) is 19.4 Å². The average molecular weight is 307 g/mol. The molecular weight excluding hydrogens is 290 g/mol. The Morgan fingerprint density at radius 1 is 1.18 bits per heavy atom. The molecule has 0 aliphatic carbocycles. The van der Waals surface area contributed by atoms with Gasteiger partial charge in [0, 0.05) is 0 Å². The standard InChI is InChI=1S/C15H17NO6/c1-3-20-14(17)12-11(10-8-6-5-7-9-10)13(22-16(12)19)15(18)21-4-2/h5-9,11,13H,3-4H2,1-2H3/t11-,13-/m0/s1. The Kier molecular flexibility index (Phi) is 4.98. The molecule has 0 aromatic heterocycles. The van der Waals surface area contributed by atoms with Crippen LogP contribution in [0.3, 0.4) is 0 Å². The van der Waals surface area contributed by atoms with E-state index in [1.165, 1.54) is 0 Å². The van der Waals surface area contributed by atoms with E-state index >= 15 is 0 Å². The third kappa shape index (κ3) is 3.03. The van der Waals surface area contributed by atoms with Crippen LogP contribution in [0.1, 0.15) is 25.3 Å². The number of nitrogens with zero attached hydrogens (tertiary/aromatic N) is 1. The zero-order valence-corrected chi connectivity index (χ0v) is 12.4. The number of carbonyl (C=O) groups is 2. The molecule has 0 spiro atoms. The average Bonchev–Trinajstić information content (AvgIpc) is 2.86. The van der Waals surface area contributed by atoms with Crippen molar-refractivity contribution in [1.82, 2.24) is 0 Å². The van der Waals surface area contributed by atoms with E-state index in [-0.39, 0.29) is 23.8 Å². The Morgan fingerprint density at radius 2 is 1.82 bits per heavy atom. The fourth-order valence-electron chi connectivity index (χ4n) is 2.28. The first-order chi connectivity index (χ1) is 10.6. The molecule has 7 nitrogen and oxygen atoms in total. The van der Waals surface area contributed by atoms with Crippen molar-refractivity contribution in [1.29, 1.82) is 0 Å². The summed E-state index contributed by atoms with van der Waals surface area (Å²) in [5.74, 6) is -2.37. The predicted octanol–water partition coefficient (Wildman–Crippen LogP) is 1.16. The highest BCUT2D eigenvalue weighted by atomic mass is 16.9. The van der Waals surface area contributed by atoms with Gasteiger partial charge in [-0.25, -0.2) is 4.79 Å². The third-order valence-electron chi connectivity index (χ3n) is 3.17. The maximum Gasteiger partial charge on any atom is 0.405 e. The van der Waals surface area contributed by atoms with Crippen LogP contribution in [0.4, 0.5) is 0 Å². The van der Waals surface area contributed by atoms with Crippen molar-refractivity contribution >= 4 is 17.7 Å². The van der Waals surface area contributed by atoms with Gasteiger partial charge in [0.25, 0.3) is 0 Å². The molecule has 0 saturated heterocycles. The normalized spacial score (nSPS) is 20.5. The number of hydrogen-bond donors (Lipinski definition) is 0. The molecule has 1 aromatic carbocycles. The van der Waals surface area contributed by atoms with E-state index in [1.54, 1.807) is 44.2 Å². The summed E-state index contributed by atoms with van der Waals surface area (Å²) in [6, 6.07) is 8.69. The van der Waals surface area contributed by atoms with Gasteiger partial charge in [0.2, 0.25) is 0 Å². The van der Waals surface area contributed by atoms with E-state index in [4.69, 9.17) is 14.3 Å². The van der Waals surface area contributed by atoms with E-state index in [0.29, 0.717) is 5.56 Å². The van der Waals surface area contributed by atoms with Crippen LogP contribution in [-0.4, -0.2) is 41.9 Å². The lowest BCUT2D eigenvalue weighted by molar-refractivity contribution is -0.736. The minimum atomic E-state index is -1.21. The number of esters is 2. The summed E-state index contributed by atoms with van der Waals surface area (Å²) in [5.41, 5.74) is 0.341. The molecule has 2 rings (SSSR count). The van der Waals surface area contributed by atoms with Gasteiger partial charge < -0.3 is 14.3 Å². The maximum atomic E-state index is 12.0. The lowest BCUT2D eigenvalue weighted by atomic mass is 9.89. The van der Waals surface area contributed by atoms with Crippen LogP contribution in [0.2, 0.25) is 0 Å². The first kappa shape index (κ1) is 15.8. The van der Waals surface area contributed by atoms with Crippen molar-refractivity contribution < 1.29 is 28.8 Å². The SMILES string of the molecule is CCOC(=O)C1=[N+]([O-])O[C@H](C(=O)OCC)[C@H]1c1ccccc1. The van der Waals surface area contributed by atoms with E-state index in [2.05, 4.69) is 0 Å². The van der Waals surface area contributed by atoms with Crippen molar-refractivity contribution in [3.8, 4) is 0 Å². The first-order valence-corrected chi connectivity index (χ1v) is 6.99. The van der Waals surface area contributed by atoms with Crippen LogP contribution >= 0.6 is 0 Å². The van der Waals surface area contributed by atoms with E-state index in [1.807, 2.05) is 0 Å². The molecule has 118 valence electrons. The maximum absolute atomic E-state index is 12.0. The smallest absolute Gasteiger partial charge is 0.405 e. The Balaban J connectivity index is 2.40. The fourth-order valence-corrected chi connectivity index (χ4v) is 2.28. The summed E-state index contributed by atoms with van der Waals surface area (Å²) in [6.45, 7) is 3.54. The van der Waals surface area contributed by atoms with Crippen molar-refractivity contribution in [2.75, 3.05) is 13.2 Å². The molecular formula is C15H17NO6. The highest BCUT2D eigenvalue weighted by molar-refractivity contribution is 6.37. The Hall–Kier alpha value is -2.57. The molecule has 0 unspecified atom stereocenters. The summed E-state index contributed by atoms with van der Waals surface area (Å²) in [6.07, 6.45) is -1.21. The second-order valence-corrected chi connectivity index (χ2v) is 4.53. The van der Waals surface area contributed by atoms with Gasteiger partial charge in [-0.15, -0.1) is 0 Å². The summed E-state index contributed by atoms with van der Waals surface area (Å²) in [5, 5.41) is 11.9. The highest BCUT2D eigenvalue weighted by Crippen LogP contribution is 2.30. The van der Waals surface area contributed by atoms with Crippen LogP contribution in [0.5, 0.6) is 0 Å². The monoisotopic (exact) mass is 307 g/mol.